The van der Waals surface area contributed by atoms with E-state index in [1.54, 1.807) is 18.7 Å². The zero-order chi connectivity index (χ0) is 20.7. The molecule has 2 saturated heterocycles. The second-order valence-electron chi connectivity index (χ2n) is 8.10. The smallest absolute Gasteiger partial charge is 0.353 e. The quantitative estimate of drug-likeness (QED) is 0.501. The van der Waals surface area contributed by atoms with Crippen molar-refractivity contribution in [3.8, 4) is 0 Å². The van der Waals surface area contributed by atoms with Crippen molar-refractivity contribution in [2.45, 2.75) is 43.7 Å². The van der Waals surface area contributed by atoms with Crippen molar-refractivity contribution in [3.63, 3.8) is 0 Å². The average molecular weight is 418 g/mol. The lowest BCUT2D eigenvalue weighted by atomic mass is 9.79. The van der Waals surface area contributed by atoms with Gasteiger partial charge in [0.1, 0.15) is 5.70 Å². The number of nitrogens with zero attached hydrogens (tertiary/aromatic N) is 1. The van der Waals surface area contributed by atoms with Gasteiger partial charge in [0.05, 0.1) is 18.1 Å². The maximum absolute atomic E-state index is 12.4. The monoisotopic (exact) mass is 417 g/mol. The first-order valence-electron chi connectivity index (χ1n) is 10.1. The lowest BCUT2D eigenvalue weighted by Gasteiger charge is -2.46. The number of nitrogens with one attached hydrogen (secondary N) is 2. The van der Waals surface area contributed by atoms with Gasteiger partial charge in [-0.25, -0.2) is 4.79 Å². The molecule has 3 aliphatic heterocycles. The van der Waals surface area contributed by atoms with Gasteiger partial charge in [0.2, 0.25) is 5.91 Å². The Balaban J connectivity index is 1.41. The Bertz CT molecular complexity index is 828. The van der Waals surface area contributed by atoms with Crippen LogP contribution in [0.25, 0.3) is 0 Å². The number of carboxylic acid groups (broad SMARTS) is 1. The number of carboxylic acids is 1. The lowest BCUT2D eigenvalue weighted by Crippen LogP contribution is -2.63. The topological polar surface area (TPSA) is 102 Å². The number of aliphatic hydroxyl groups is 1. The SMILES string of the molecule is C[C@@H](O)[C@H]1C(=O)N2C(C(=O)O)=C(S[C@@H]3CN[C@H](CNc4ccccc4)C3)[C@H](C)[C@H]12. The van der Waals surface area contributed by atoms with Crippen molar-refractivity contribution in [3.05, 3.63) is 40.9 Å². The van der Waals surface area contributed by atoms with Crippen LogP contribution >= 0.6 is 11.8 Å². The minimum atomic E-state index is -1.06. The highest BCUT2D eigenvalue weighted by Crippen LogP contribution is 2.51. The van der Waals surface area contributed by atoms with Gasteiger partial charge in [-0.3, -0.25) is 4.79 Å². The van der Waals surface area contributed by atoms with E-state index in [4.69, 9.17) is 0 Å². The number of aliphatic carboxylic acids is 1. The van der Waals surface area contributed by atoms with Crippen LogP contribution in [-0.4, -0.2) is 63.5 Å². The number of amides is 1. The fourth-order valence-corrected chi connectivity index (χ4v) is 6.20. The summed E-state index contributed by atoms with van der Waals surface area (Å²) in [6.07, 6.45) is 0.152. The molecule has 0 unspecified atom stereocenters. The average Bonchev–Trinajstić information content (AvgIpc) is 3.22. The summed E-state index contributed by atoms with van der Waals surface area (Å²) >= 11 is 1.58. The standard InChI is InChI=1S/C21H27N3O4S/c1-11-17-16(12(2)25)20(26)24(17)18(21(27)28)19(11)29-15-8-14(23-10-15)9-22-13-6-4-3-5-7-13/h3-7,11-12,14-17,22-23,25H,8-10H2,1-2H3,(H,27,28)/t11-,12-,14+,15+,16-,17-/m1/s1. The molecular formula is C21H27N3O4S. The number of fused-ring (bicyclic) bond motifs is 1. The molecule has 7 nitrogen and oxygen atoms in total. The zero-order valence-electron chi connectivity index (χ0n) is 16.5. The summed E-state index contributed by atoms with van der Waals surface area (Å²) in [5.74, 6) is -1.93. The van der Waals surface area contributed by atoms with Crippen LogP contribution in [0.2, 0.25) is 0 Å². The van der Waals surface area contributed by atoms with Crippen molar-refractivity contribution < 1.29 is 19.8 Å². The predicted molar refractivity (Wildman–Crippen MR) is 112 cm³/mol. The minimum Gasteiger partial charge on any atom is -0.477 e. The minimum absolute atomic E-state index is 0.0788. The number of carbonyl (C=O) groups excluding carboxylic acids is 1. The molecule has 156 valence electrons. The number of hydrogen-bond acceptors (Lipinski definition) is 6. The van der Waals surface area contributed by atoms with Gasteiger partial charge in [-0.1, -0.05) is 25.1 Å². The van der Waals surface area contributed by atoms with E-state index in [1.807, 2.05) is 37.3 Å². The predicted octanol–water partition coefficient (Wildman–Crippen LogP) is 1.72. The van der Waals surface area contributed by atoms with E-state index in [2.05, 4.69) is 10.6 Å². The Kier molecular flexibility index (Phi) is 5.59. The van der Waals surface area contributed by atoms with Crippen LogP contribution < -0.4 is 10.6 Å². The number of thioether (sulfide) groups is 1. The third kappa shape index (κ3) is 3.65. The van der Waals surface area contributed by atoms with Crippen molar-refractivity contribution in [1.82, 2.24) is 10.2 Å². The summed E-state index contributed by atoms with van der Waals surface area (Å²) in [7, 11) is 0. The first-order valence-corrected chi connectivity index (χ1v) is 10.9. The number of benzene rings is 1. The zero-order valence-corrected chi connectivity index (χ0v) is 17.4. The van der Waals surface area contributed by atoms with Gasteiger partial charge in [0.15, 0.2) is 0 Å². The molecule has 0 aliphatic carbocycles. The van der Waals surface area contributed by atoms with Crippen molar-refractivity contribution in [2.75, 3.05) is 18.4 Å². The normalized spacial score (nSPS) is 32.2. The van der Waals surface area contributed by atoms with Gasteiger partial charge in [-0.2, -0.15) is 0 Å². The summed E-state index contributed by atoms with van der Waals surface area (Å²) in [4.78, 5) is 26.5. The number of rotatable bonds is 7. The number of β-lactam (4-membered cyclic amide) rings is 1. The highest BCUT2D eigenvalue weighted by Gasteiger charge is 2.60. The molecule has 29 heavy (non-hydrogen) atoms. The van der Waals surface area contributed by atoms with E-state index in [9.17, 15) is 19.8 Å². The van der Waals surface area contributed by atoms with Crippen LogP contribution in [0.4, 0.5) is 5.69 Å². The van der Waals surface area contributed by atoms with Crippen LogP contribution in [0.15, 0.2) is 40.9 Å². The molecule has 0 aromatic heterocycles. The van der Waals surface area contributed by atoms with Gasteiger partial charge in [-0.15, -0.1) is 11.8 Å². The van der Waals surface area contributed by atoms with Gasteiger partial charge < -0.3 is 25.7 Å². The summed E-state index contributed by atoms with van der Waals surface area (Å²) in [5.41, 5.74) is 1.19. The molecule has 6 atom stereocenters. The van der Waals surface area contributed by atoms with Crippen LogP contribution in [-0.2, 0) is 9.59 Å². The van der Waals surface area contributed by atoms with Gasteiger partial charge in [-0.05, 0) is 25.5 Å². The number of aliphatic hydroxyl groups excluding tert-OH is 1. The summed E-state index contributed by atoms with van der Waals surface area (Å²) in [6.45, 7) is 5.17. The van der Waals surface area contributed by atoms with Gasteiger partial charge in [0, 0.05) is 40.9 Å². The lowest BCUT2D eigenvalue weighted by molar-refractivity contribution is -0.163. The largest absolute Gasteiger partial charge is 0.477 e. The third-order valence-electron chi connectivity index (χ3n) is 6.11. The fourth-order valence-electron chi connectivity index (χ4n) is 4.68. The Labute approximate surface area is 174 Å². The molecule has 4 rings (SSSR count). The first-order chi connectivity index (χ1) is 13.9. The number of anilines is 1. The molecule has 0 saturated carbocycles. The maximum Gasteiger partial charge on any atom is 0.353 e. The van der Waals surface area contributed by atoms with E-state index >= 15 is 0 Å². The molecule has 1 aromatic rings. The van der Waals surface area contributed by atoms with Crippen molar-refractivity contribution >= 4 is 29.3 Å². The van der Waals surface area contributed by atoms with E-state index in [1.165, 1.54) is 4.90 Å². The Morgan fingerprint density at radius 1 is 1.38 bits per heavy atom. The molecule has 3 aliphatic rings. The number of para-hydroxylation sites is 1. The summed E-state index contributed by atoms with van der Waals surface area (Å²) in [5, 5.41) is 26.9. The van der Waals surface area contributed by atoms with E-state index in [0.29, 0.717) is 6.04 Å². The second-order valence-corrected chi connectivity index (χ2v) is 9.44. The van der Waals surface area contributed by atoms with Crippen LogP contribution in [0.3, 0.4) is 0 Å². The van der Waals surface area contributed by atoms with Gasteiger partial charge in [0.25, 0.3) is 0 Å². The van der Waals surface area contributed by atoms with Gasteiger partial charge >= 0.3 is 5.97 Å². The molecule has 0 radical (unpaired) electrons. The molecule has 2 fully saturated rings. The second kappa shape index (κ2) is 8.01. The van der Waals surface area contributed by atoms with Crippen molar-refractivity contribution in [1.29, 1.82) is 0 Å². The Morgan fingerprint density at radius 2 is 2.10 bits per heavy atom. The third-order valence-corrected chi connectivity index (χ3v) is 7.62. The van der Waals surface area contributed by atoms with E-state index in [0.717, 1.165) is 30.1 Å². The molecule has 0 bridgehead atoms. The highest BCUT2D eigenvalue weighted by atomic mass is 32.2. The van der Waals surface area contributed by atoms with Crippen LogP contribution in [0.1, 0.15) is 20.3 Å². The summed E-state index contributed by atoms with van der Waals surface area (Å²) in [6, 6.07) is 10.1. The van der Waals surface area contributed by atoms with E-state index in [-0.39, 0.29) is 28.8 Å². The van der Waals surface area contributed by atoms with Crippen LogP contribution in [0, 0.1) is 11.8 Å². The molecule has 1 amide bonds. The molecule has 4 N–H and O–H groups in total. The molecular weight excluding hydrogens is 390 g/mol. The number of hydrogen-bond donors (Lipinski definition) is 4. The first kappa shape index (κ1) is 20.3. The van der Waals surface area contributed by atoms with Crippen LogP contribution in [0.5, 0.6) is 0 Å². The molecule has 3 heterocycles. The molecule has 0 spiro atoms. The Hall–Kier alpha value is -2.03. The highest BCUT2D eigenvalue weighted by molar-refractivity contribution is 8.03. The van der Waals surface area contributed by atoms with Crippen molar-refractivity contribution in [2.24, 2.45) is 11.8 Å². The fraction of sp³-hybridized carbons (Fsp3) is 0.524. The Morgan fingerprint density at radius 3 is 2.76 bits per heavy atom. The molecule has 8 heteroatoms. The van der Waals surface area contributed by atoms with E-state index < -0.39 is 18.0 Å². The molecule has 1 aromatic carbocycles. The maximum atomic E-state index is 12.4. The number of carbonyl (C=O) groups is 2. The summed E-state index contributed by atoms with van der Waals surface area (Å²) < 4.78 is 0.